The Morgan fingerprint density at radius 2 is 2.00 bits per heavy atom. The van der Waals surface area contributed by atoms with Gasteiger partial charge in [-0.2, -0.15) is 4.39 Å². The van der Waals surface area contributed by atoms with Crippen LogP contribution in [0.2, 0.25) is 0 Å². The number of nitrogens with one attached hydrogen (secondary N) is 2. The molecule has 0 amide bonds. The number of benzene rings is 1. The third kappa shape index (κ3) is 6.54. The lowest BCUT2D eigenvalue weighted by Crippen LogP contribution is -2.21. The molecule has 0 radical (unpaired) electrons. The van der Waals surface area contributed by atoms with Crippen molar-refractivity contribution in [2.24, 2.45) is 0 Å². The molecule has 1 fully saturated rings. The number of thiophene rings is 1. The minimum atomic E-state index is -0.216. The molecule has 0 spiro atoms. The largest absolute Gasteiger partial charge is 0.388 e. The number of fused-ring (bicyclic) bond motifs is 1. The highest BCUT2D eigenvalue weighted by molar-refractivity contribution is 7.14. The van der Waals surface area contributed by atoms with Crippen molar-refractivity contribution in [2.75, 3.05) is 32.0 Å². The lowest BCUT2D eigenvalue weighted by atomic mass is 9.98. The van der Waals surface area contributed by atoms with Crippen LogP contribution in [0.1, 0.15) is 36.7 Å². The molecule has 5 rings (SSSR count). The summed E-state index contributed by atoms with van der Waals surface area (Å²) in [6.07, 6.45) is 21.1. The molecule has 2 N–H and O–H groups in total. The van der Waals surface area contributed by atoms with Crippen molar-refractivity contribution in [3.8, 4) is 23.3 Å². The fourth-order valence-corrected chi connectivity index (χ4v) is 5.69. The molecule has 1 aliphatic heterocycles. The average Bonchev–Trinajstić information content (AvgIpc) is 3.73. The van der Waals surface area contributed by atoms with Gasteiger partial charge in [-0.1, -0.05) is 30.9 Å². The van der Waals surface area contributed by atoms with E-state index in [9.17, 15) is 4.39 Å². The van der Waals surface area contributed by atoms with Gasteiger partial charge in [-0.05, 0) is 79.4 Å². The SMILES string of the molecule is C#C.C=C/C(=C\C(=C/C)c1ccc(NC)c(Cc2nc3c(-c4ccc(F)s4)cncc3[nH]2)c1)CN1CCCC1. The van der Waals surface area contributed by atoms with E-state index < -0.39 is 0 Å². The molecule has 0 aliphatic carbocycles. The highest BCUT2D eigenvalue weighted by Crippen LogP contribution is 2.32. The topological polar surface area (TPSA) is 56.8 Å². The van der Waals surface area contributed by atoms with Crippen LogP contribution in [0.15, 0.2) is 73.1 Å². The van der Waals surface area contributed by atoms with E-state index in [0.717, 1.165) is 75.1 Å². The average molecular weight is 540 g/mol. The molecule has 0 saturated carbocycles. The smallest absolute Gasteiger partial charge is 0.176 e. The molecule has 4 aromatic rings. The summed E-state index contributed by atoms with van der Waals surface area (Å²) in [7, 11) is 1.94. The number of hydrogen-bond donors (Lipinski definition) is 2. The molecular formula is C32H34FN5S. The molecule has 1 aliphatic rings. The maximum atomic E-state index is 13.7. The zero-order valence-corrected chi connectivity index (χ0v) is 23.3. The maximum absolute atomic E-state index is 13.7. The summed E-state index contributed by atoms with van der Waals surface area (Å²) in [4.78, 5) is 16.0. The monoisotopic (exact) mass is 539 g/mol. The predicted octanol–water partition coefficient (Wildman–Crippen LogP) is 7.32. The number of hydrogen-bond acceptors (Lipinski definition) is 5. The summed E-state index contributed by atoms with van der Waals surface area (Å²) in [5.74, 6) is 0.841. The Hall–Kier alpha value is -3.99. The van der Waals surface area contributed by atoms with Crippen molar-refractivity contribution in [3.05, 3.63) is 95.2 Å². The first-order valence-corrected chi connectivity index (χ1v) is 13.8. The number of imidazole rings is 1. The van der Waals surface area contributed by atoms with Gasteiger partial charge in [0.05, 0.1) is 11.7 Å². The summed E-state index contributed by atoms with van der Waals surface area (Å²) >= 11 is 1.11. The van der Waals surface area contributed by atoms with Crippen molar-refractivity contribution >= 4 is 33.6 Å². The number of anilines is 1. The summed E-state index contributed by atoms with van der Waals surface area (Å²) in [5.41, 5.74) is 8.26. The number of likely N-dealkylation sites (tertiary alicyclic amines) is 1. The molecule has 1 aromatic carbocycles. The van der Waals surface area contributed by atoms with Crippen LogP contribution in [0.4, 0.5) is 10.1 Å². The van der Waals surface area contributed by atoms with E-state index in [4.69, 9.17) is 4.98 Å². The predicted molar refractivity (Wildman–Crippen MR) is 163 cm³/mol. The molecule has 39 heavy (non-hydrogen) atoms. The first-order valence-electron chi connectivity index (χ1n) is 13.0. The summed E-state index contributed by atoms with van der Waals surface area (Å²) < 4.78 is 13.7. The number of nitrogens with zero attached hydrogens (tertiary/aromatic N) is 3. The molecular weight excluding hydrogens is 505 g/mol. The van der Waals surface area contributed by atoms with Gasteiger partial charge in [0.2, 0.25) is 0 Å². The fourth-order valence-electron chi connectivity index (χ4n) is 4.95. The van der Waals surface area contributed by atoms with Crippen molar-refractivity contribution < 1.29 is 4.39 Å². The van der Waals surface area contributed by atoms with Gasteiger partial charge in [0.15, 0.2) is 5.13 Å². The van der Waals surface area contributed by atoms with E-state index in [1.54, 1.807) is 18.5 Å². The first kappa shape index (κ1) is 28.0. The number of aromatic nitrogens is 3. The second-order valence-electron chi connectivity index (χ2n) is 9.32. The first-order chi connectivity index (χ1) is 19.1. The Labute approximate surface area is 234 Å². The van der Waals surface area contributed by atoms with Gasteiger partial charge in [-0.3, -0.25) is 9.88 Å². The van der Waals surface area contributed by atoms with Gasteiger partial charge in [-0.15, -0.1) is 24.2 Å². The second kappa shape index (κ2) is 13.2. The molecule has 1 saturated heterocycles. The number of terminal acetylenes is 1. The van der Waals surface area contributed by atoms with E-state index in [1.807, 2.05) is 13.1 Å². The van der Waals surface area contributed by atoms with Crippen molar-refractivity contribution in [1.29, 1.82) is 0 Å². The van der Waals surface area contributed by atoms with Gasteiger partial charge >= 0.3 is 0 Å². The molecule has 0 bridgehead atoms. The quantitative estimate of drug-likeness (QED) is 0.173. The summed E-state index contributed by atoms with van der Waals surface area (Å²) in [5, 5.41) is 3.11. The Morgan fingerprint density at radius 1 is 1.21 bits per heavy atom. The molecule has 200 valence electrons. The minimum absolute atomic E-state index is 0.216. The van der Waals surface area contributed by atoms with E-state index in [2.05, 4.69) is 76.9 Å². The van der Waals surface area contributed by atoms with Crippen LogP contribution in [0.3, 0.4) is 0 Å². The van der Waals surface area contributed by atoms with E-state index in [0.29, 0.717) is 6.42 Å². The third-order valence-electron chi connectivity index (χ3n) is 6.87. The van der Waals surface area contributed by atoms with E-state index in [-0.39, 0.29) is 5.13 Å². The van der Waals surface area contributed by atoms with Crippen LogP contribution in [-0.4, -0.2) is 46.5 Å². The number of pyridine rings is 1. The van der Waals surface area contributed by atoms with Gasteiger partial charge in [0.25, 0.3) is 0 Å². The lowest BCUT2D eigenvalue weighted by Gasteiger charge is -2.16. The highest BCUT2D eigenvalue weighted by Gasteiger charge is 2.15. The number of aromatic amines is 1. The Morgan fingerprint density at radius 3 is 2.67 bits per heavy atom. The van der Waals surface area contributed by atoms with Crippen LogP contribution >= 0.6 is 11.3 Å². The van der Waals surface area contributed by atoms with Crippen LogP contribution in [0.25, 0.3) is 27.0 Å². The zero-order chi connectivity index (χ0) is 27.8. The zero-order valence-electron chi connectivity index (χ0n) is 22.5. The molecule has 4 heterocycles. The molecule has 0 unspecified atom stereocenters. The minimum Gasteiger partial charge on any atom is -0.388 e. The molecule has 5 nitrogen and oxygen atoms in total. The van der Waals surface area contributed by atoms with Crippen LogP contribution in [-0.2, 0) is 6.42 Å². The number of H-pyrrole nitrogens is 1. The van der Waals surface area contributed by atoms with Crippen LogP contribution in [0, 0.1) is 18.0 Å². The standard InChI is InChI=1S/C30H32FN5S.C2H2/c1-4-20(19-36-12-6-7-13-36)14-21(5-2)22-8-9-25(32-3)23(15-22)16-29-34-26-18-33-17-24(30(26)35-29)27-10-11-28(31)37-27;1-2/h4-5,8-11,14-15,17-18,32H,1,6-7,12-13,16,19H2,2-3H3,(H,34,35);1-2H/b20-14+,21-5+;. The third-order valence-corrected chi connectivity index (χ3v) is 7.77. The normalized spacial score (nSPS) is 14.3. The van der Waals surface area contributed by atoms with Crippen LogP contribution < -0.4 is 5.32 Å². The molecule has 0 atom stereocenters. The second-order valence-corrected chi connectivity index (χ2v) is 10.4. The molecule has 3 aromatic heterocycles. The summed E-state index contributed by atoms with van der Waals surface area (Å²) in [6.45, 7) is 9.40. The number of halogens is 1. The Bertz CT molecular complexity index is 1520. The Balaban J connectivity index is 0.00000172. The van der Waals surface area contributed by atoms with Crippen molar-refractivity contribution in [2.45, 2.75) is 26.2 Å². The number of allylic oxidation sites excluding steroid dienone is 3. The maximum Gasteiger partial charge on any atom is 0.176 e. The summed E-state index contributed by atoms with van der Waals surface area (Å²) in [6, 6.07) is 9.77. The number of rotatable bonds is 9. The van der Waals surface area contributed by atoms with Crippen molar-refractivity contribution in [3.63, 3.8) is 0 Å². The van der Waals surface area contributed by atoms with Gasteiger partial charge in [-0.25, -0.2) is 4.98 Å². The lowest BCUT2D eigenvalue weighted by molar-refractivity contribution is 0.371. The van der Waals surface area contributed by atoms with Gasteiger partial charge in [0.1, 0.15) is 11.3 Å². The fraction of sp³-hybridized carbons (Fsp3) is 0.250. The van der Waals surface area contributed by atoms with Crippen molar-refractivity contribution in [1.82, 2.24) is 19.9 Å². The van der Waals surface area contributed by atoms with E-state index >= 15 is 0 Å². The van der Waals surface area contributed by atoms with E-state index in [1.165, 1.54) is 30.1 Å². The molecule has 7 heteroatoms. The van der Waals surface area contributed by atoms with Crippen LogP contribution in [0.5, 0.6) is 0 Å². The Kier molecular flexibility index (Phi) is 9.48. The van der Waals surface area contributed by atoms with Gasteiger partial charge < -0.3 is 10.3 Å². The van der Waals surface area contributed by atoms with Gasteiger partial charge in [0, 0.05) is 42.3 Å². The highest BCUT2D eigenvalue weighted by atomic mass is 32.1.